The van der Waals surface area contributed by atoms with Crippen molar-refractivity contribution < 1.29 is 18.0 Å². The van der Waals surface area contributed by atoms with Gasteiger partial charge >= 0.3 is 0 Å². The van der Waals surface area contributed by atoms with Gasteiger partial charge < -0.3 is 15.5 Å². The van der Waals surface area contributed by atoms with Gasteiger partial charge in [0.1, 0.15) is 0 Å². The number of nitrogens with one attached hydrogen (secondary N) is 2. The van der Waals surface area contributed by atoms with Gasteiger partial charge in [-0.15, -0.1) is 0 Å². The molecule has 8 nitrogen and oxygen atoms in total. The van der Waals surface area contributed by atoms with Crippen LogP contribution in [0.25, 0.3) is 0 Å². The van der Waals surface area contributed by atoms with Crippen LogP contribution in [0, 0.1) is 5.92 Å². The van der Waals surface area contributed by atoms with Gasteiger partial charge in [-0.25, -0.2) is 13.4 Å². The second-order valence-electron chi connectivity index (χ2n) is 9.59. The Morgan fingerprint density at radius 1 is 1.08 bits per heavy atom. The number of sulfone groups is 1. The quantitative estimate of drug-likeness (QED) is 0.423. The minimum absolute atomic E-state index is 0.00248. The lowest BCUT2D eigenvalue weighted by Gasteiger charge is -2.34. The van der Waals surface area contributed by atoms with Crippen molar-refractivity contribution in [1.82, 2.24) is 10.3 Å². The number of piperidine rings is 1. The van der Waals surface area contributed by atoms with Crippen molar-refractivity contribution in [2.45, 2.75) is 30.6 Å². The van der Waals surface area contributed by atoms with E-state index in [-0.39, 0.29) is 16.7 Å². The molecule has 0 bridgehead atoms. The van der Waals surface area contributed by atoms with Crippen LogP contribution >= 0.6 is 11.6 Å². The number of aromatic nitrogens is 1. The van der Waals surface area contributed by atoms with Gasteiger partial charge in [0.25, 0.3) is 5.91 Å². The maximum absolute atomic E-state index is 12.9. The molecule has 1 fully saturated rings. The lowest BCUT2D eigenvalue weighted by Crippen LogP contribution is -2.40. The minimum Gasteiger partial charge on any atom is -0.355 e. The highest BCUT2D eigenvalue weighted by Gasteiger charge is 2.25. The summed E-state index contributed by atoms with van der Waals surface area (Å²) in [4.78, 5) is 32.0. The first-order valence-electron chi connectivity index (χ1n) is 12.5. The summed E-state index contributed by atoms with van der Waals surface area (Å²) in [5.41, 5.74) is 1.66. The van der Waals surface area contributed by atoms with Gasteiger partial charge in [-0.05, 0) is 55.5 Å². The van der Waals surface area contributed by atoms with E-state index in [0.717, 1.165) is 24.7 Å². The van der Waals surface area contributed by atoms with E-state index in [1.807, 2.05) is 42.2 Å². The molecule has 0 spiro atoms. The van der Waals surface area contributed by atoms with Crippen LogP contribution in [0.15, 0.2) is 71.8 Å². The Morgan fingerprint density at radius 2 is 1.79 bits per heavy atom. The lowest BCUT2D eigenvalue weighted by molar-refractivity contribution is -0.122. The molecule has 2 amide bonds. The van der Waals surface area contributed by atoms with Gasteiger partial charge in [0.2, 0.25) is 5.91 Å². The monoisotopic (exact) mass is 554 g/mol. The van der Waals surface area contributed by atoms with Crippen molar-refractivity contribution in [3.05, 3.63) is 83.0 Å². The van der Waals surface area contributed by atoms with Crippen molar-refractivity contribution in [2.24, 2.45) is 5.92 Å². The second kappa shape index (κ2) is 12.0. The summed E-state index contributed by atoms with van der Waals surface area (Å²) in [5.74, 6) is 0.180. The molecule has 3 aromatic rings. The van der Waals surface area contributed by atoms with Gasteiger partial charge in [0.05, 0.1) is 16.5 Å². The maximum Gasteiger partial charge on any atom is 0.255 e. The van der Waals surface area contributed by atoms with E-state index in [9.17, 15) is 18.0 Å². The average molecular weight is 555 g/mol. The molecule has 1 aliphatic heterocycles. The van der Waals surface area contributed by atoms with Crippen molar-refractivity contribution in [2.75, 3.05) is 36.1 Å². The summed E-state index contributed by atoms with van der Waals surface area (Å²) in [7, 11) is -3.53. The number of pyridine rings is 1. The van der Waals surface area contributed by atoms with E-state index in [2.05, 4.69) is 15.6 Å². The molecule has 0 unspecified atom stereocenters. The largest absolute Gasteiger partial charge is 0.355 e. The minimum atomic E-state index is -3.53. The Morgan fingerprint density at radius 3 is 2.45 bits per heavy atom. The zero-order chi connectivity index (χ0) is 27.3. The van der Waals surface area contributed by atoms with Crippen LogP contribution in [0.4, 0.5) is 11.5 Å². The third-order valence-corrected chi connectivity index (χ3v) is 8.09. The number of hydrogen-bond donors (Lipinski definition) is 2. The third kappa shape index (κ3) is 6.90. The van der Waals surface area contributed by atoms with Crippen molar-refractivity contribution in [3.8, 4) is 0 Å². The molecule has 10 heteroatoms. The van der Waals surface area contributed by atoms with Crippen molar-refractivity contribution in [3.63, 3.8) is 0 Å². The van der Waals surface area contributed by atoms with E-state index in [1.165, 1.54) is 12.3 Å². The molecule has 2 heterocycles. The van der Waals surface area contributed by atoms with Crippen molar-refractivity contribution in [1.29, 1.82) is 0 Å². The molecule has 2 N–H and O–H groups in total. The molecule has 1 atom stereocenters. The number of carbonyl (C=O) groups is 2. The summed E-state index contributed by atoms with van der Waals surface area (Å²) in [6, 6.07) is 17.7. The Kier molecular flexibility index (Phi) is 8.69. The second-order valence-corrected chi connectivity index (χ2v) is 12.0. The van der Waals surface area contributed by atoms with Crippen LogP contribution in [0.5, 0.6) is 0 Å². The zero-order valence-electron chi connectivity index (χ0n) is 21.4. The molecule has 200 valence electrons. The molecule has 1 aliphatic rings. The van der Waals surface area contributed by atoms with Gasteiger partial charge in [-0.3, -0.25) is 9.59 Å². The van der Waals surface area contributed by atoms with Crippen LogP contribution in [0.2, 0.25) is 5.02 Å². The Labute approximate surface area is 228 Å². The SMILES string of the molecule is C[C@@H](C(=O)NCC1CCN(c2ncc(S(C)(=O)=O)cc2NC(=O)c2cccc(Cl)c2)CC1)c1ccccc1. The number of halogens is 1. The number of anilines is 2. The number of rotatable bonds is 8. The summed E-state index contributed by atoms with van der Waals surface area (Å²) in [5, 5.41) is 6.33. The van der Waals surface area contributed by atoms with Crippen LogP contribution in [0.3, 0.4) is 0 Å². The van der Waals surface area contributed by atoms with Crippen LogP contribution in [-0.2, 0) is 14.6 Å². The first kappa shape index (κ1) is 27.6. The highest BCUT2D eigenvalue weighted by Crippen LogP contribution is 2.30. The van der Waals surface area contributed by atoms with E-state index in [0.29, 0.717) is 47.6 Å². The first-order chi connectivity index (χ1) is 18.1. The highest BCUT2D eigenvalue weighted by molar-refractivity contribution is 7.90. The molecular formula is C28H31ClN4O4S. The standard InChI is InChI=1S/C28H31ClN4O4S/c1-19(21-7-4-3-5-8-21)27(34)31-17-20-11-13-33(14-12-20)26-25(16-24(18-30-26)38(2,36)37)32-28(35)22-9-6-10-23(29)15-22/h3-10,15-16,18-20H,11-14,17H2,1-2H3,(H,31,34)(H,32,35)/t19-/m1/s1. The lowest BCUT2D eigenvalue weighted by atomic mass is 9.95. The van der Waals surface area contributed by atoms with Crippen LogP contribution in [-0.4, -0.2) is 51.1 Å². The molecule has 1 aromatic heterocycles. The van der Waals surface area contributed by atoms with Crippen molar-refractivity contribution >= 4 is 44.8 Å². The Bertz CT molecular complexity index is 1410. The number of nitrogens with zero attached hydrogens (tertiary/aromatic N) is 2. The van der Waals surface area contributed by atoms with E-state index >= 15 is 0 Å². The molecule has 4 rings (SSSR count). The predicted molar refractivity (Wildman–Crippen MR) is 150 cm³/mol. The topological polar surface area (TPSA) is 108 Å². The van der Waals surface area contributed by atoms with Gasteiger partial charge in [0, 0.05) is 42.7 Å². The van der Waals surface area contributed by atoms with E-state index in [1.54, 1.807) is 24.3 Å². The Balaban J connectivity index is 1.42. The zero-order valence-corrected chi connectivity index (χ0v) is 22.9. The number of carbonyl (C=O) groups excluding carboxylic acids is 2. The summed E-state index contributed by atoms with van der Waals surface area (Å²) in [6.07, 6.45) is 4.05. The molecule has 0 radical (unpaired) electrons. The normalized spacial score (nSPS) is 15.1. The molecule has 0 saturated carbocycles. The van der Waals surface area contributed by atoms with E-state index in [4.69, 9.17) is 11.6 Å². The average Bonchev–Trinajstić information content (AvgIpc) is 2.91. The Hall–Kier alpha value is -3.43. The smallest absolute Gasteiger partial charge is 0.255 e. The number of hydrogen-bond acceptors (Lipinski definition) is 6. The van der Waals surface area contributed by atoms with Crippen LogP contribution in [0.1, 0.15) is 41.6 Å². The van der Waals surface area contributed by atoms with Gasteiger partial charge in [-0.1, -0.05) is 48.0 Å². The molecule has 38 heavy (non-hydrogen) atoms. The van der Waals surface area contributed by atoms with Gasteiger partial charge in [-0.2, -0.15) is 0 Å². The molecular weight excluding hydrogens is 524 g/mol. The highest BCUT2D eigenvalue weighted by atomic mass is 35.5. The summed E-state index contributed by atoms with van der Waals surface area (Å²) >= 11 is 6.03. The fourth-order valence-corrected chi connectivity index (χ4v) is 5.22. The number of benzene rings is 2. The fourth-order valence-electron chi connectivity index (χ4n) is 4.45. The molecule has 2 aromatic carbocycles. The number of amides is 2. The van der Waals surface area contributed by atoms with Gasteiger partial charge in [0.15, 0.2) is 15.7 Å². The summed E-state index contributed by atoms with van der Waals surface area (Å²) < 4.78 is 24.3. The third-order valence-electron chi connectivity index (χ3n) is 6.78. The first-order valence-corrected chi connectivity index (χ1v) is 14.7. The fraction of sp³-hybridized carbons (Fsp3) is 0.321. The molecule has 0 aliphatic carbocycles. The van der Waals surface area contributed by atoms with E-state index < -0.39 is 15.7 Å². The predicted octanol–water partition coefficient (Wildman–Crippen LogP) is 4.53. The maximum atomic E-state index is 12.9. The van der Waals surface area contributed by atoms with Crippen LogP contribution < -0.4 is 15.5 Å². The molecule has 1 saturated heterocycles. The summed E-state index contributed by atoms with van der Waals surface area (Å²) in [6.45, 7) is 3.79.